The molecule has 2 rings (SSSR count). The molecule has 1 aliphatic rings. The number of hydrogen-bond acceptors (Lipinski definition) is 3. The van der Waals surface area contributed by atoms with E-state index in [0.29, 0.717) is 13.0 Å². The number of nitrogens with zero attached hydrogens (tertiary/aromatic N) is 1. The number of rotatable bonds is 4. The number of alkyl halides is 1. The van der Waals surface area contributed by atoms with E-state index in [0.717, 1.165) is 4.90 Å². The summed E-state index contributed by atoms with van der Waals surface area (Å²) >= 11 is 4.73. The minimum atomic E-state index is -0.925. The predicted octanol–water partition coefficient (Wildman–Crippen LogP) is 2.23. The van der Waals surface area contributed by atoms with Crippen molar-refractivity contribution in [2.24, 2.45) is 0 Å². The topological polar surface area (TPSA) is 57.6 Å². The maximum absolute atomic E-state index is 11.7. The number of carboxylic acid groups (broad SMARTS) is 1. The lowest BCUT2D eigenvalue weighted by atomic mass is 10.2. The second-order valence-corrected chi connectivity index (χ2v) is 6.26. The zero-order chi connectivity index (χ0) is 13.8. The van der Waals surface area contributed by atoms with E-state index in [4.69, 9.17) is 0 Å². The van der Waals surface area contributed by atoms with E-state index in [1.54, 1.807) is 11.8 Å². The molecule has 6 heteroatoms. The van der Waals surface area contributed by atoms with E-state index in [1.165, 1.54) is 4.90 Å². The summed E-state index contributed by atoms with van der Waals surface area (Å²) in [7, 11) is 0. The minimum absolute atomic E-state index is 0.131. The molecule has 1 N–H and O–H groups in total. The summed E-state index contributed by atoms with van der Waals surface area (Å²) in [4.78, 5) is 25.5. The molecule has 102 valence electrons. The van der Waals surface area contributed by atoms with E-state index in [9.17, 15) is 14.7 Å². The van der Waals surface area contributed by atoms with Gasteiger partial charge in [0.05, 0.1) is 5.33 Å². The molecule has 1 fully saturated rings. The number of likely N-dealkylation sites (tertiary alicyclic amines) is 1. The summed E-state index contributed by atoms with van der Waals surface area (Å²) in [5, 5.41) is 9.49. The zero-order valence-electron chi connectivity index (χ0n) is 10.2. The van der Waals surface area contributed by atoms with Gasteiger partial charge in [-0.2, -0.15) is 0 Å². The Balaban J connectivity index is 2.05. The van der Waals surface area contributed by atoms with Gasteiger partial charge in [0, 0.05) is 16.7 Å². The van der Waals surface area contributed by atoms with Gasteiger partial charge in [-0.15, -0.1) is 11.8 Å². The van der Waals surface area contributed by atoms with Crippen molar-refractivity contribution in [2.75, 3.05) is 11.9 Å². The van der Waals surface area contributed by atoms with Crippen LogP contribution in [0.15, 0.2) is 35.2 Å². The first-order valence-corrected chi connectivity index (χ1v) is 7.92. The van der Waals surface area contributed by atoms with Crippen LogP contribution in [0.1, 0.15) is 6.42 Å². The first kappa shape index (κ1) is 14.4. The lowest BCUT2D eigenvalue weighted by Gasteiger charge is -2.20. The van der Waals surface area contributed by atoms with Crippen LogP contribution in [0, 0.1) is 0 Å². The Hall–Kier alpha value is -1.01. The molecule has 0 spiro atoms. The fourth-order valence-corrected chi connectivity index (χ4v) is 3.70. The van der Waals surface area contributed by atoms with Crippen LogP contribution in [0.2, 0.25) is 0 Å². The lowest BCUT2D eigenvalue weighted by molar-refractivity contribution is -0.147. The highest BCUT2D eigenvalue weighted by Gasteiger charge is 2.39. The zero-order valence-corrected chi connectivity index (χ0v) is 12.6. The van der Waals surface area contributed by atoms with Crippen LogP contribution in [0.3, 0.4) is 0 Å². The number of hydrogen-bond donors (Lipinski definition) is 1. The lowest BCUT2D eigenvalue weighted by Crippen LogP contribution is -2.41. The highest BCUT2D eigenvalue weighted by Crippen LogP contribution is 2.33. The second-order valence-electron chi connectivity index (χ2n) is 4.32. The number of thioether (sulfide) groups is 1. The Labute approximate surface area is 124 Å². The van der Waals surface area contributed by atoms with E-state index in [2.05, 4.69) is 15.9 Å². The van der Waals surface area contributed by atoms with Crippen LogP contribution in [0.25, 0.3) is 0 Å². The molecule has 1 aromatic carbocycles. The van der Waals surface area contributed by atoms with E-state index in [-0.39, 0.29) is 16.5 Å². The highest BCUT2D eigenvalue weighted by molar-refractivity contribution is 9.09. The Morgan fingerprint density at radius 1 is 1.37 bits per heavy atom. The molecule has 0 aromatic heterocycles. The van der Waals surface area contributed by atoms with Gasteiger partial charge in [0.25, 0.3) is 0 Å². The first-order valence-electron chi connectivity index (χ1n) is 5.91. The monoisotopic (exact) mass is 343 g/mol. The molecule has 19 heavy (non-hydrogen) atoms. The number of halogens is 1. The molecule has 0 unspecified atom stereocenters. The van der Waals surface area contributed by atoms with Gasteiger partial charge in [0.15, 0.2) is 0 Å². The first-order chi connectivity index (χ1) is 9.11. The molecule has 4 nitrogen and oxygen atoms in total. The van der Waals surface area contributed by atoms with Gasteiger partial charge in [-0.3, -0.25) is 4.79 Å². The third-order valence-corrected chi connectivity index (χ3v) is 4.73. The number of carboxylic acids is 1. The standard InChI is InChI=1S/C13H14BrNO3S/c14-7-12(16)15-8-10(6-11(15)13(17)18)19-9-4-2-1-3-5-9/h1-5,10-11H,6-8H2,(H,17,18)/t10-,11-/m0/s1. The van der Waals surface area contributed by atoms with Crippen molar-refractivity contribution in [2.45, 2.75) is 22.6 Å². The highest BCUT2D eigenvalue weighted by atomic mass is 79.9. The molecule has 0 aliphatic carbocycles. The van der Waals surface area contributed by atoms with Crippen molar-refractivity contribution in [3.63, 3.8) is 0 Å². The number of aliphatic carboxylic acids is 1. The molecule has 1 heterocycles. The van der Waals surface area contributed by atoms with Gasteiger partial charge in [-0.1, -0.05) is 34.1 Å². The molecule has 1 aromatic rings. The summed E-state index contributed by atoms with van der Waals surface area (Å²) in [5.41, 5.74) is 0. The maximum atomic E-state index is 11.7. The van der Waals surface area contributed by atoms with Crippen LogP contribution in [-0.4, -0.2) is 45.0 Å². The predicted molar refractivity (Wildman–Crippen MR) is 77.6 cm³/mol. The Bertz CT molecular complexity index is 468. The molecular weight excluding hydrogens is 330 g/mol. The van der Waals surface area contributed by atoms with E-state index in [1.807, 2.05) is 30.3 Å². The Morgan fingerprint density at radius 3 is 2.63 bits per heavy atom. The number of carbonyl (C=O) groups is 2. The van der Waals surface area contributed by atoms with Gasteiger partial charge in [-0.25, -0.2) is 4.79 Å². The number of carbonyl (C=O) groups excluding carboxylic acids is 1. The van der Waals surface area contributed by atoms with Crippen LogP contribution in [0.5, 0.6) is 0 Å². The Morgan fingerprint density at radius 2 is 2.05 bits per heavy atom. The number of benzene rings is 1. The second kappa shape index (κ2) is 6.43. The third kappa shape index (κ3) is 3.51. The van der Waals surface area contributed by atoms with E-state index >= 15 is 0 Å². The van der Waals surface area contributed by atoms with Gasteiger partial charge < -0.3 is 10.0 Å². The molecule has 0 radical (unpaired) electrons. The Kier molecular flexibility index (Phi) is 4.87. The smallest absolute Gasteiger partial charge is 0.326 e. The molecular formula is C13H14BrNO3S. The van der Waals surface area contributed by atoms with Crippen molar-refractivity contribution in [3.05, 3.63) is 30.3 Å². The van der Waals surface area contributed by atoms with Crippen LogP contribution < -0.4 is 0 Å². The summed E-state index contributed by atoms with van der Waals surface area (Å²) in [6, 6.07) is 9.14. The van der Waals surface area contributed by atoms with Gasteiger partial charge >= 0.3 is 5.97 Å². The van der Waals surface area contributed by atoms with E-state index < -0.39 is 12.0 Å². The normalized spacial score (nSPS) is 22.5. The molecule has 1 aliphatic heterocycles. The van der Waals surface area contributed by atoms with Crippen LogP contribution in [-0.2, 0) is 9.59 Å². The van der Waals surface area contributed by atoms with Crippen molar-refractivity contribution in [1.82, 2.24) is 4.90 Å². The maximum Gasteiger partial charge on any atom is 0.326 e. The van der Waals surface area contributed by atoms with Gasteiger partial charge in [0.2, 0.25) is 5.91 Å². The average molecular weight is 344 g/mol. The van der Waals surface area contributed by atoms with Crippen LogP contribution in [0.4, 0.5) is 0 Å². The summed E-state index contributed by atoms with van der Waals surface area (Å²) in [5.74, 6) is -1.09. The molecule has 0 saturated carbocycles. The fraction of sp³-hybridized carbons (Fsp3) is 0.385. The largest absolute Gasteiger partial charge is 0.480 e. The van der Waals surface area contributed by atoms with Gasteiger partial charge in [0.1, 0.15) is 6.04 Å². The molecule has 1 amide bonds. The van der Waals surface area contributed by atoms with Crippen molar-refractivity contribution in [1.29, 1.82) is 0 Å². The molecule has 0 bridgehead atoms. The summed E-state index contributed by atoms with van der Waals surface area (Å²) in [6.45, 7) is 0.487. The fourth-order valence-electron chi connectivity index (χ4n) is 2.16. The van der Waals surface area contributed by atoms with Crippen molar-refractivity contribution >= 4 is 39.6 Å². The SMILES string of the molecule is O=C(O)[C@@H]1C[C@H](Sc2ccccc2)CN1C(=O)CBr. The number of amides is 1. The molecule has 2 atom stereocenters. The quantitative estimate of drug-likeness (QED) is 0.851. The van der Waals surface area contributed by atoms with Crippen molar-refractivity contribution in [3.8, 4) is 0 Å². The van der Waals surface area contributed by atoms with Crippen LogP contribution >= 0.6 is 27.7 Å². The summed E-state index contributed by atoms with van der Waals surface area (Å²) in [6.07, 6.45) is 0.494. The minimum Gasteiger partial charge on any atom is -0.480 e. The molecule has 1 saturated heterocycles. The van der Waals surface area contributed by atoms with Crippen molar-refractivity contribution < 1.29 is 14.7 Å². The third-order valence-electron chi connectivity index (χ3n) is 3.03. The summed E-state index contributed by atoms with van der Waals surface area (Å²) < 4.78 is 0. The van der Waals surface area contributed by atoms with Gasteiger partial charge in [-0.05, 0) is 18.6 Å². The average Bonchev–Trinajstić information content (AvgIpc) is 2.83.